The van der Waals surface area contributed by atoms with Crippen molar-refractivity contribution in [1.29, 1.82) is 0 Å². The molecule has 0 aliphatic heterocycles. The molecule has 6 nitrogen and oxygen atoms in total. The van der Waals surface area contributed by atoms with Gasteiger partial charge in [-0.1, -0.05) is 17.7 Å². The van der Waals surface area contributed by atoms with Gasteiger partial charge in [0.2, 0.25) is 15.9 Å². The summed E-state index contributed by atoms with van der Waals surface area (Å²) < 4.78 is 31.7. The number of oxazole rings is 1. The van der Waals surface area contributed by atoms with Crippen LogP contribution in [0.5, 0.6) is 0 Å². The number of aromatic nitrogens is 1. The predicted octanol–water partition coefficient (Wildman–Crippen LogP) is 1.61. The molecule has 0 aliphatic carbocycles. The maximum Gasteiger partial charge on any atom is 0.241 e. The molecule has 2 aromatic rings. The van der Waals surface area contributed by atoms with Gasteiger partial charge in [-0.05, 0) is 24.6 Å². The van der Waals surface area contributed by atoms with Gasteiger partial charge in [-0.3, -0.25) is 0 Å². The molecule has 20 heavy (non-hydrogen) atoms. The highest BCUT2D eigenvalue weighted by molar-refractivity contribution is 7.89. The van der Waals surface area contributed by atoms with Crippen LogP contribution in [0.4, 0.5) is 0 Å². The van der Waals surface area contributed by atoms with E-state index in [1.165, 1.54) is 24.4 Å². The minimum absolute atomic E-state index is 0.0166. The largest absolute Gasteiger partial charge is 0.445 e. The minimum Gasteiger partial charge on any atom is -0.445 e. The highest BCUT2D eigenvalue weighted by Gasteiger charge is 2.16. The summed E-state index contributed by atoms with van der Waals surface area (Å²) in [5.74, 6) is 0.888. The first kappa shape index (κ1) is 15.0. The van der Waals surface area contributed by atoms with E-state index in [4.69, 9.17) is 21.1 Å². The number of nitrogens with one attached hydrogen (secondary N) is 1. The average molecular weight is 317 g/mol. The Kier molecular flexibility index (Phi) is 4.44. The lowest BCUT2D eigenvalue weighted by Crippen LogP contribution is -2.23. The highest BCUT2D eigenvalue weighted by Crippen LogP contribution is 2.21. The van der Waals surface area contributed by atoms with Crippen LogP contribution in [0.1, 0.15) is 17.2 Å². The number of halogens is 1. The Labute approximate surface area is 121 Å². The van der Waals surface area contributed by atoms with E-state index in [9.17, 15) is 8.42 Å². The third-order valence-electron chi connectivity index (χ3n) is 2.59. The Morgan fingerprint density at radius 2 is 2.20 bits per heavy atom. The van der Waals surface area contributed by atoms with Crippen molar-refractivity contribution < 1.29 is 17.9 Å². The van der Waals surface area contributed by atoms with Crippen LogP contribution in [0.25, 0.3) is 0 Å². The van der Waals surface area contributed by atoms with Gasteiger partial charge in [0.05, 0.1) is 24.2 Å². The first-order chi connectivity index (χ1) is 9.42. The lowest BCUT2D eigenvalue weighted by molar-refractivity contribution is 0.282. The number of sulfonamides is 1. The Morgan fingerprint density at radius 3 is 2.75 bits per heavy atom. The third-order valence-corrected chi connectivity index (χ3v) is 4.34. The van der Waals surface area contributed by atoms with Crippen LogP contribution in [0.3, 0.4) is 0 Å². The Hall–Kier alpha value is -1.41. The Bertz CT molecular complexity index is 712. The molecule has 1 aromatic heterocycles. The Balaban J connectivity index is 2.15. The minimum atomic E-state index is -3.71. The molecule has 1 heterocycles. The molecule has 8 heteroatoms. The number of benzene rings is 1. The average Bonchev–Trinajstić information content (AvgIpc) is 2.82. The lowest BCUT2D eigenvalue weighted by atomic mass is 10.2. The molecule has 108 valence electrons. The first-order valence-corrected chi connectivity index (χ1v) is 7.59. The summed E-state index contributed by atoms with van der Waals surface area (Å²) in [6.45, 7) is 1.43. The van der Waals surface area contributed by atoms with E-state index in [-0.39, 0.29) is 29.0 Å². The maximum atomic E-state index is 12.1. The van der Waals surface area contributed by atoms with Gasteiger partial charge in [0.1, 0.15) is 5.76 Å². The number of nitrogens with zero attached hydrogens (tertiary/aromatic N) is 1. The smallest absolute Gasteiger partial charge is 0.241 e. The summed E-state index contributed by atoms with van der Waals surface area (Å²) in [5, 5.41) is 9.19. The summed E-state index contributed by atoms with van der Waals surface area (Å²) >= 11 is 5.87. The number of hydrogen-bond acceptors (Lipinski definition) is 5. The van der Waals surface area contributed by atoms with Crippen molar-refractivity contribution >= 4 is 21.6 Å². The first-order valence-electron chi connectivity index (χ1n) is 5.72. The Morgan fingerprint density at radius 1 is 1.45 bits per heavy atom. The van der Waals surface area contributed by atoms with Crippen molar-refractivity contribution in [3.8, 4) is 0 Å². The van der Waals surface area contributed by atoms with Gasteiger partial charge in [0, 0.05) is 5.02 Å². The van der Waals surface area contributed by atoms with E-state index in [2.05, 4.69) is 9.71 Å². The molecule has 0 radical (unpaired) electrons. The van der Waals surface area contributed by atoms with Crippen LogP contribution in [0.2, 0.25) is 5.02 Å². The molecule has 0 saturated heterocycles. The van der Waals surface area contributed by atoms with Crippen molar-refractivity contribution in [3.63, 3.8) is 0 Å². The molecule has 0 atom stereocenters. The highest BCUT2D eigenvalue weighted by atomic mass is 35.5. The quantitative estimate of drug-likeness (QED) is 0.874. The summed E-state index contributed by atoms with van der Waals surface area (Å²) in [6.07, 6.45) is 1.51. The lowest BCUT2D eigenvalue weighted by Gasteiger charge is -2.07. The molecule has 2 rings (SSSR count). The van der Waals surface area contributed by atoms with Crippen molar-refractivity contribution in [2.45, 2.75) is 25.0 Å². The molecule has 2 N–H and O–H groups in total. The third kappa shape index (κ3) is 3.37. The monoisotopic (exact) mass is 316 g/mol. The number of rotatable bonds is 5. The zero-order chi connectivity index (χ0) is 14.8. The molecular weight excluding hydrogens is 304 g/mol. The topological polar surface area (TPSA) is 92.4 Å². The van der Waals surface area contributed by atoms with Gasteiger partial charge in [-0.2, -0.15) is 0 Å². The SMILES string of the molecule is Cc1cnc(CNS(=O)(=O)c2ccc(CO)c(Cl)c2)o1. The summed E-state index contributed by atoms with van der Waals surface area (Å²) in [5.41, 5.74) is 0.467. The summed E-state index contributed by atoms with van der Waals surface area (Å²) in [7, 11) is -3.71. The maximum absolute atomic E-state index is 12.1. The van der Waals surface area contributed by atoms with E-state index in [1.54, 1.807) is 6.92 Å². The standard InChI is InChI=1S/C12H13ClN2O4S/c1-8-5-14-12(19-8)6-15-20(17,18)10-3-2-9(7-16)11(13)4-10/h2-5,15-16H,6-7H2,1H3. The van der Waals surface area contributed by atoms with Crippen LogP contribution in [-0.2, 0) is 23.2 Å². The normalized spacial score (nSPS) is 11.8. The van der Waals surface area contributed by atoms with Gasteiger partial charge in [-0.15, -0.1) is 0 Å². The van der Waals surface area contributed by atoms with Gasteiger partial charge in [0.25, 0.3) is 0 Å². The molecule has 0 unspecified atom stereocenters. The second-order valence-corrected chi connectivity index (χ2v) is 6.27. The number of aliphatic hydroxyl groups excluding tert-OH is 1. The van der Waals surface area contributed by atoms with E-state index in [0.29, 0.717) is 11.3 Å². The van der Waals surface area contributed by atoms with Crippen LogP contribution in [-0.4, -0.2) is 18.5 Å². The zero-order valence-electron chi connectivity index (χ0n) is 10.6. The molecule has 0 aliphatic rings. The van der Waals surface area contributed by atoms with E-state index in [0.717, 1.165) is 0 Å². The van der Waals surface area contributed by atoms with Gasteiger partial charge in [0.15, 0.2) is 0 Å². The summed E-state index contributed by atoms with van der Waals surface area (Å²) in [4.78, 5) is 3.92. The number of hydrogen-bond donors (Lipinski definition) is 2. The number of aryl methyl sites for hydroxylation is 1. The van der Waals surface area contributed by atoms with Crippen LogP contribution in [0.15, 0.2) is 33.7 Å². The fourth-order valence-electron chi connectivity index (χ4n) is 1.55. The molecule has 0 bridgehead atoms. The molecular formula is C12H13ClN2O4S. The van der Waals surface area contributed by atoms with Crippen LogP contribution >= 0.6 is 11.6 Å². The van der Waals surface area contributed by atoms with E-state index >= 15 is 0 Å². The second-order valence-electron chi connectivity index (χ2n) is 4.10. The van der Waals surface area contributed by atoms with E-state index in [1.807, 2.05) is 0 Å². The van der Waals surface area contributed by atoms with Gasteiger partial charge < -0.3 is 9.52 Å². The molecule has 0 saturated carbocycles. The molecule has 0 fully saturated rings. The fourth-order valence-corrected chi connectivity index (χ4v) is 2.85. The molecule has 0 spiro atoms. The van der Waals surface area contributed by atoms with E-state index < -0.39 is 10.0 Å². The zero-order valence-corrected chi connectivity index (χ0v) is 12.2. The number of aliphatic hydroxyl groups is 1. The van der Waals surface area contributed by atoms with Crippen LogP contribution < -0.4 is 4.72 Å². The van der Waals surface area contributed by atoms with Crippen molar-refractivity contribution in [2.75, 3.05) is 0 Å². The van der Waals surface area contributed by atoms with Crippen molar-refractivity contribution in [2.24, 2.45) is 0 Å². The second kappa shape index (κ2) is 5.92. The predicted molar refractivity (Wildman–Crippen MR) is 72.6 cm³/mol. The molecule has 0 amide bonds. The molecule has 1 aromatic carbocycles. The van der Waals surface area contributed by atoms with Crippen LogP contribution in [0, 0.1) is 6.92 Å². The van der Waals surface area contributed by atoms with Crippen molar-refractivity contribution in [3.05, 3.63) is 46.6 Å². The van der Waals surface area contributed by atoms with Crippen molar-refractivity contribution in [1.82, 2.24) is 9.71 Å². The van der Waals surface area contributed by atoms with Gasteiger partial charge >= 0.3 is 0 Å². The fraction of sp³-hybridized carbons (Fsp3) is 0.250. The summed E-state index contributed by atoms with van der Waals surface area (Å²) in [6, 6.07) is 4.13. The van der Waals surface area contributed by atoms with Gasteiger partial charge in [-0.25, -0.2) is 18.1 Å².